The van der Waals surface area contributed by atoms with Gasteiger partial charge in [0.1, 0.15) is 5.33 Å². The number of carbonyl (C=O) groups is 1. The van der Waals surface area contributed by atoms with Crippen LogP contribution in [0.4, 0.5) is 0 Å². The van der Waals surface area contributed by atoms with E-state index in [1.54, 1.807) is 0 Å². The van der Waals surface area contributed by atoms with Crippen molar-refractivity contribution >= 4 is 47.7 Å². The summed E-state index contributed by atoms with van der Waals surface area (Å²) in [7, 11) is 0. The molecule has 0 radical (unpaired) electrons. The quantitative estimate of drug-likeness (QED) is 0.629. The van der Waals surface area contributed by atoms with E-state index >= 15 is 0 Å². The van der Waals surface area contributed by atoms with Crippen LogP contribution in [0.5, 0.6) is 0 Å². The predicted molar refractivity (Wildman–Crippen MR) is 31.4 cm³/mol. The molecule has 0 saturated carbocycles. The van der Waals surface area contributed by atoms with Gasteiger partial charge in [0.05, 0.1) is 0 Å². The van der Waals surface area contributed by atoms with Gasteiger partial charge in [-0.05, 0) is 0 Å². The maximum atomic E-state index is 9.32. The van der Waals surface area contributed by atoms with Gasteiger partial charge in [0.2, 0.25) is 0 Å². The van der Waals surface area contributed by atoms with Crippen molar-refractivity contribution in [2.75, 3.05) is 5.33 Å². The summed E-state index contributed by atoms with van der Waals surface area (Å²) in [6.45, 7) is 0. The molecule has 0 aliphatic carbocycles. The van der Waals surface area contributed by atoms with Crippen molar-refractivity contribution < 1.29 is 9.90 Å². The number of carboxylic acid groups (broad SMARTS) is 1. The van der Waals surface area contributed by atoms with Crippen molar-refractivity contribution in [3.05, 3.63) is 0 Å². The van der Waals surface area contributed by atoms with E-state index in [1.807, 2.05) is 0 Å². The zero-order valence-corrected chi connectivity index (χ0v) is 4.03. The van der Waals surface area contributed by atoms with E-state index in [0.717, 1.165) is 0 Å². The first-order valence-electron chi connectivity index (χ1n) is 1.05. The molecule has 0 unspecified atom stereocenters. The van der Waals surface area contributed by atoms with Crippen molar-refractivity contribution in [2.24, 2.45) is 0 Å². The van der Waals surface area contributed by atoms with Crippen LogP contribution >= 0.6 is 15.9 Å². The summed E-state index contributed by atoms with van der Waals surface area (Å²) in [6, 6.07) is 0. The fraction of sp³-hybridized carbons (Fsp3) is 0.500. The van der Waals surface area contributed by atoms with Gasteiger partial charge in [-0.1, -0.05) is 15.9 Å². The van der Waals surface area contributed by atoms with Crippen LogP contribution in [0.3, 0.4) is 0 Å². The summed E-state index contributed by atoms with van der Waals surface area (Å²) >= 11 is 2.71. The third-order valence-corrected chi connectivity index (χ3v) is 0.594. The molecule has 6 heavy (non-hydrogen) atoms. The first-order chi connectivity index (χ1) is 2.27. The number of aliphatic carboxylic acids is 1. The van der Waals surface area contributed by atoms with E-state index in [0.29, 0.717) is 0 Å². The molecule has 0 atom stereocenters. The third-order valence-electron chi connectivity index (χ3n) is 0.114. The van der Waals surface area contributed by atoms with E-state index < -0.39 is 5.97 Å². The molecular weight excluding hydrogens is 251 g/mol. The van der Waals surface area contributed by atoms with E-state index in [9.17, 15) is 4.79 Å². The Morgan fingerprint density at radius 3 is 2.00 bits per heavy atom. The molecule has 0 aliphatic rings. The molecule has 0 aliphatic heterocycles. The molecule has 0 aromatic carbocycles. The maximum absolute atomic E-state index is 9.32. The van der Waals surface area contributed by atoms with Crippen LogP contribution in [0.1, 0.15) is 0 Å². The molecule has 0 rings (SSSR count). The fourth-order valence-corrected chi connectivity index (χ4v) is 0. The first kappa shape index (κ1) is 9.94. The number of carboxylic acids is 1. The van der Waals surface area contributed by atoms with Gasteiger partial charge in [-0.3, -0.25) is 4.79 Å². The Labute approximate surface area is 62.8 Å². The number of halogens is 1. The molecule has 0 saturated heterocycles. The SMILES string of the molecule is O=C(O)CBr.[InH3]. The number of hydrogen-bond donors (Lipinski definition) is 1. The van der Waals surface area contributed by atoms with Crippen molar-refractivity contribution in [3.63, 3.8) is 0 Å². The van der Waals surface area contributed by atoms with Gasteiger partial charge in [-0.2, -0.15) is 0 Å². The summed E-state index contributed by atoms with van der Waals surface area (Å²) in [5, 5.41) is 7.71. The topological polar surface area (TPSA) is 37.3 Å². The van der Waals surface area contributed by atoms with Gasteiger partial charge in [0, 0.05) is 0 Å². The molecule has 0 aromatic heterocycles. The summed E-state index contributed by atoms with van der Waals surface area (Å²) in [5.41, 5.74) is 0. The van der Waals surface area contributed by atoms with Crippen LogP contribution in [-0.2, 0) is 4.79 Å². The second kappa shape index (κ2) is 5.82. The standard InChI is InChI=1S/C2H3BrO2.In.3H/c3-1-2(4)5;;;;/h1H2,(H,4,5);;;;. The van der Waals surface area contributed by atoms with Gasteiger partial charge in [0.25, 0.3) is 0 Å². The van der Waals surface area contributed by atoms with Crippen molar-refractivity contribution in [1.29, 1.82) is 0 Å². The summed E-state index contributed by atoms with van der Waals surface area (Å²) in [6.07, 6.45) is 0. The average Bonchev–Trinajstić information content (AvgIpc) is 1.38. The van der Waals surface area contributed by atoms with Gasteiger partial charge >= 0.3 is 31.8 Å². The zero-order chi connectivity index (χ0) is 4.28. The third kappa shape index (κ3) is 8.84. The average molecular weight is 257 g/mol. The monoisotopic (exact) mass is 256 g/mol. The normalized spacial score (nSPS) is 6.17. The van der Waals surface area contributed by atoms with Gasteiger partial charge in [-0.25, -0.2) is 0 Å². The molecule has 0 heterocycles. The van der Waals surface area contributed by atoms with E-state index in [2.05, 4.69) is 15.9 Å². The molecule has 36 valence electrons. The molecule has 0 aromatic rings. The fourth-order valence-electron chi connectivity index (χ4n) is 0. The van der Waals surface area contributed by atoms with E-state index in [1.165, 1.54) is 0 Å². The zero-order valence-electron chi connectivity index (χ0n) is 2.44. The van der Waals surface area contributed by atoms with Crippen LogP contribution in [0, 0.1) is 0 Å². The second-order valence-electron chi connectivity index (χ2n) is 0.527. The molecule has 0 bridgehead atoms. The van der Waals surface area contributed by atoms with Crippen molar-refractivity contribution in [1.82, 2.24) is 0 Å². The Morgan fingerprint density at radius 2 is 2.00 bits per heavy atom. The second-order valence-corrected chi connectivity index (χ2v) is 1.09. The molecule has 4 heteroatoms. The molecular formula is C2H6BrInO2. The Hall–Kier alpha value is 0.820. The van der Waals surface area contributed by atoms with Crippen LogP contribution in [0.15, 0.2) is 0 Å². The van der Waals surface area contributed by atoms with Crippen molar-refractivity contribution in [2.45, 2.75) is 0 Å². The van der Waals surface area contributed by atoms with Crippen LogP contribution in [0.2, 0.25) is 0 Å². The van der Waals surface area contributed by atoms with Crippen molar-refractivity contribution in [3.8, 4) is 0 Å². The molecule has 1 N–H and O–H groups in total. The summed E-state index contributed by atoms with van der Waals surface area (Å²) in [4.78, 5) is 9.32. The molecule has 2 nitrogen and oxygen atoms in total. The van der Waals surface area contributed by atoms with E-state index in [-0.39, 0.29) is 31.2 Å². The Balaban J connectivity index is 0. The van der Waals surface area contributed by atoms with Gasteiger partial charge in [-0.15, -0.1) is 0 Å². The van der Waals surface area contributed by atoms with Gasteiger partial charge < -0.3 is 5.11 Å². The number of alkyl halides is 1. The van der Waals surface area contributed by atoms with Crippen LogP contribution in [-0.4, -0.2) is 42.2 Å². The summed E-state index contributed by atoms with van der Waals surface area (Å²) < 4.78 is 0. The summed E-state index contributed by atoms with van der Waals surface area (Å²) in [5.74, 6) is -0.829. The number of hydrogen-bond acceptors (Lipinski definition) is 1. The molecule has 0 spiro atoms. The number of rotatable bonds is 1. The Bertz CT molecular complexity index is 46.8. The molecule has 0 fully saturated rings. The van der Waals surface area contributed by atoms with Crippen LogP contribution < -0.4 is 0 Å². The van der Waals surface area contributed by atoms with Crippen LogP contribution in [0.25, 0.3) is 0 Å². The minimum absolute atomic E-state index is 0. The Kier molecular flexibility index (Phi) is 9.65. The predicted octanol–water partition coefficient (Wildman–Crippen LogP) is -0.718. The van der Waals surface area contributed by atoms with E-state index in [4.69, 9.17) is 5.11 Å². The molecule has 0 amide bonds. The minimum atomic E-state index is -0.829. The van der Waals surface area contributed by atoms with Gasteiger partial charge in [0.15, 0.2) is 0 Å². The first-order valence-corrected chi connectivity index (χ1v) is 2.17. The Morgan fingerprint density at radius 1 is 1.83 bits per heavy atom.